The minimum Gasteiger partial charge on any atom is -0.493 e. The van der Waals surface area contributed by atoms with Crippen molar-refractivity contribution in [3.05, 3.63) is 18.0 Å². The number of hydrogen-bond donors (Lipinski definition) is 0. The van der Waals surface area contributed by atoms with E-state index in [9.17, 15) is 0 Å². The summed E-state index contributed by atoms with van der Waals surface area (Å²) in [4.78, 5) is 3.80. The largest absolute Gasteiger partial charge is 0.493 e. The number of halogens is 1. The maximum absolute atomic E-state index is 7.01. The number of aromatic nitrogens is 1. The van der Waals surface area contributed by atoms with Crippen LogP contribution >= 0.6 is 11.6 Å². The first-order valence-corrected chi connectivity index (χ1v) is 3.58. The maximum atomic E-state index is 7.01. The SMILES string of the molecule is [2H]C([2H])([2H])Oc1ccnc(CCl)c1OC([2H])([2H])[2H]. The van der Waals surface area contributed by atoms with Gasteiger partial charge in [-0.3, -0.25) is 4.98 Å². The lowest BCUT2D eigenvalue weighted by atomic mass is 10.3. The number of methoxy groups -OCH3 is 2. The minimum absolute atomic E-state index is 0.0922. The van der Waals surface area contributed by atoms with Crippen LogP contribution < -0.4 is 9.47 Å². The second-order valence-electron chi connectivity index (χ2n) is 1.92. The Morgan fingerprint density at radius 2 is 2.42 bits per heavy atom. The first kappa shape index (κ1) is 3.83. The molecule has 4 heteroatoms. The first-order valence-electron chi connectivity index (χ1n) is 6.04. The molecule has 0 amide bonds. The van der Waals surface area contributed by atoms with Crippen molar-refractivity contribution in [2.24, 2.45) is 0 Å². The Morgan fingerprint density at radius 1 is 1.58 bits per heavy atom. The summed E-state index contributed by atoms with van der Waals surface area (Å²) in [5, 5.41) is 0. The van der Waals surface area contributed by atoms with Crippen LogP contribution in [0.25, 0.3) is 0 Å². The molecule has 0 radical (unpaired) electrons. The summed E-state index contributed by atoms with van der Waals surface area (Å²) in [6.45, 7) is 0. The molecule has 0 atom stereocenters. The second-order valence-corrected chi connectivity index (χ2v) is 2.19. The summed E-state index contributed by atoms with van der Waals surface area (Å²) in [5.74, 6) is -0.663. The highest BCUT2D eigenvalue weighted by atomic mass is 35.5. The molecule has 3 nitrogen and oxygen atoms in total. The zero-order valence-corrected chi connectivity index (χ0v) is 6.76. The summed E-state index contributed by atoms with van der Waals surface area (Å²) in [6.07, 6.45) is 1.26. The van der Waals surface area contributed by atoms with E-state index in [1.807, 2.05) is 0 Å². The van der Waals surface area contributed by atoms with Crippen molar-refractivity contribution < 1.29 is 17.7 Å². The van der Waals surface area contributed by atoms with Crippen LogP contribution in [0.2, 0.25) is 0 Å². The van der Waals surface area contributed by atoms with Gasteiger partial charge < -0.3 is 9.47 Å². The van der Waals surface area contributed by atoms with E-state index in [1.54, 1.807) is 0 Å². The van der Waals surface area contributed by atoms with Gasteiger partial charge in [0.25, 0.3) is 0 Å². The molecule has 0 aliphatic heterocycles. The van der Waals surface area contributed by atoms with E-state index in [2.05, 4.69) is 14.5 Å². The summed E-state index contributed by atoms with van der Waals surface area (Å²) < 4.78 is 51.3. The fourth-order valence-corrected chi connectivity index (χ4v) is 0.947. The molecule has 0 aliphatic carbocycles. The highest BCUT2D eigenvalue weighted by Crippen LogP contribution is 2.29. The number of hydrogen-bond acceptors (Lipinski definition) is 3. The highest BCUT2D eigenvalue weighted by Gasteiger charge is 2.08. The molecule has 0 N–H and O–H groups in total. The van der Waals surface area contributed by atoms with Crippen molar-refractivity contribution in [1.82, 2.24) is 4.98 Å². The minimum atomic E-state index is -2.75. The zero-order valence-electron chi connectivity index (χ0n) is 12.0. The van der Waals surface area contributed by atoms with Gasteiger partial charge in [0, 0.05) is 12.3 Å². The van der Waals surface area contributed by atoms with Crippen molar-refractivity contribution in [1.29, 1.82) is 0 Å². The molecule has 0 aliphatic rings. The van der Waals surface area contributed by atoms with Crippen molar-refractivity contribution in [3.8, 4) is 11.5 Å². The third-order valence-electron chi connectivity index (χ3n) is 1.28. The quantitative estimate of drug-likeness (QED) is 0.687. The lowest BCUT2D eigenvalue weighted by Crippen LogP contribution is -1.96. The van der Waals surface area contributed by atoms with Gasteiger partial charge in [0.15, 0.2) is 11.5 Å². The van der Waals surface area contributed by atoms with Crippen molar-refractivity contribution in [3.63, 3.8) is 0 Å². The van der Waals surface area contributed by atoms with Crippen LogP contribution in [0.4, 0.5) is 0 Å². The third-order valence-corrected chi connectivity index (χ3v) is 1.53. The lowest BCUT2D eigenvalue weighted by Gasteiger charge is -2.08. The highest BCUT2D eigenvalue weighted by molar-refractivity contribution is 6.17. The number of alkyl halides is 1. The van der Waals surface area contributed by atoms with Gasteiger partial charge in [-0.25, -0.2) is 0 Å². The second kappa shape index (κ2) is 4.16. The van der Waals surface area contributed by atoms with Gasteiger partial charge in [-0.1, -0.05) is 0 Å². The molecule has 0 fully saturated rings. The van der Waals surface area contributed by atoms with Gasteiger partial charge in [0.05, 0.1) is 28.2 Å². The molecule has 1 aromatic heterocycles. The summed E-state index contributed by atoms with van der Waals surface area (Å²) in [7, 11) is -5.48. The Kier molecular flexibility index (Phi) is 1.33. The van der Waals surface area contributed by atoms with E-state index in [0.29, 0.717) is 0 Å². The smallest absolute Gasteiger partial charge is 0.183 e. The van der Waals surface area contributed by atoms with Crippen LogP contribution in [-0.2, 0) is 5.88 Å². The molecule has 1 rings (SSSR count). The zero-order chi connectivity index (χ0) is 14.0. The molecule has 0 spiro atoms. The number of nitrogens with zero attached hydrogens (tertiary/aromatic N) is 1. The summed E-state index contributed by atoms with van der Waals surface area (Å²) in [6, 6.07) is 1.20. The Morgan fingerprint density at radius 3 is 3.08 bits per heavy atom. The van der Waals surface area contributed by atoms with Crippen LogP contribution in [0.3, 0.4) is 0 Å². The predicted octanol–water partition coefficient (Wildman–Crippen LogP) is 1.84. The first-order chi connectivity index (χ1) is 8.12. The molecule has 1 heterocycles. The Bertz CT molecular complexity index is 419. The fraction of sp³-hybridized carbons (Fsp3) is 0.375. The van der Waals surface area contributed by atoms with Gasteiger partial charge >= 0.3 is 0 Å². The molecule has 12 heavy (non-hydrogen) atoms. The van der Waals surface area contributed by atoms with Gasteiger partial charge in [-0.2, -0.15) is 0 Å². The van der Waals surface area contributed by atoms with Crippen molar-refractivity contribution >= 4 is 11.6 Å². The molecular weight excluding hydrogens is 178 g/mol. The summed E-state index contributed by atoms with van der Waals surface area (Å²) in [5.41, 5.74) is 0.0922. The fourth-order valence-electron chi connectivity index (χ4n) is 0.756. The molecule has 0 bridgehead atoms. The number of ether oxygens (including phenoxy) is 2. The van der Waals surface area contributed by atoms with E-state index >= 15 is 0 Å². The average Bonchev–Trinajstić information content (AvgIpc) is 2.16. The van der Waals surface area contributed by atoms with Gasteiger partial charge in [0.1, 0.15) is 5.69 Å². The normalized spacial score (nSPS) is 19.1. The van der Waals surface area contributed by atoms with E-state index in [0.717, 1.165) is 0 Å². The average molecular weight is 194 g/mol. The van der Waals surface area contributed by atoms with Crippen molar-refractivity contribution in [2.45, 2.75) is 5.88 Å². The maximum Gasteiger partial charge on any atom is 0.183 e. The molecule has 0 aromatic carbocycles. The Labute approximate surface area is 84.7 Å². The number of pyridine rings is 1. The molecule has 0 unspecified atom stereocenters. The van der Waals surface area contributed by atoms with E-state index in [-0.39, 0.29) is 23.1 Å². The van der Waals surface area contributed by atoms with Crippen molar-refractivity contribution in [2.75, 3.05) is 14.1 Å². The Balaban J connectivity index is 3.16. The Hall–Kier alpha value is -0.960. The topological polar surface area (TPSA) is 31.4 Å². The monoisotopic (exact) mass is 193 g/mol. The van der Waals surface area contributed by atoms with E-state index < -0.39 is 14.1 Å². The van der Waals surface area contributed by atoms with E-state index in [1.165, 1.54) is 12.3 Å². The predicted molar refractivity (Wildman–Crippen MR) is 46.9 cm³/mol. The number of rotatable bonds is 3. The van der Waals surface area contributed by atoms with Crippen LogP contribution in [0, 0.1) is 0 Å². The third kappa shape index (κ3) is 1.61. The van der Waals surface area contributed by atoms with Crippen LogP contribution in [-0.4, -0.2) is 19.1 Å². The van der Waals surface area contributed by atoms with Crippen LogP contribution in [0.5, 0.6) is 11.5 Å². The van der Waals surface area contributed by atoms with E-state index in [4.69, 9.17) is 19.8 Å². The van der Waals surface area contributed by atoms with Gasteiger partial charge in [0.2, 0.25) is 0 Å². The lowest BCUT2D eigenvalue weighted by molar-refractivity contribution is 0.350. The van der Waals surface area contributed by atoms with Crippen LogP contribution in [0.1, 0.15) is 13.9 Å². The molecule has 0 saturated carbocycles. The molecular formula is C8H10ClNO2. The molecule has 66 valence electrons. The van der Waals surface area contributed by atoms with Crippen LogP contribution in [0.15, 0.2) is 12.3 Å². The molecule has 0 saturated heterocycles. The summed E-state index contributed by atoms with van der Waals surface area (Å²) >= 11 is 5.58. The van der Waals surface area contributed by atoms with Gasteiger partial charge in [-0.15, -0.1) is 11.6 Å². The molecule has 1 aromatic rings. The standard InChI is InChI=1S/C8H10ClNO2/c1-11-7-3-4-10-6(5-9)8(7)12-2/h3-4H,5H2,1-2H3/i1D3,2D3. The van der Waals surface area contributed by atoms with Gasteiger partial charge in [-0.05, 0) is 0 Å².